The summed E-state index contributed by atoms with van der Waals surface area (Å²) in [7, 11) is 0. The molecule has 2 N–H and O–H groups in total. The highest BCUT2D eigenvalue weighted by Gasteiger charge is 2.25. The Morgan fingerprint density at radius 2 is 1.82 bits per heavy atom. The summed E-state index contributed by atoms with van der Waals surface area (Å²) in [4.78, 5) is 36.5. The van der Waals surface area contributed by atoms with Crippen molar-refractivity contribution >= 4 is 16.8 Å². The van der Waals surface area contributed by atoms with Crippen LogP contribution in [0.2, 0.25) is 0 Å². The fourth-order valence-corrected chi connectivity index (χ4v) is 5.17. The van der Waals surface area contributed by atoms with Gasteiger partial charge in [-0.2, -0.15) is 0 Å². The second-order valence-electron chi connectivity index (χ2n) is 10.1. The van der Waals surface area contributed by atoms with Gasteiger partial charge in [0.15, 0.2) is 0 Å². The lowest BCUT2D eigenvalue weighted by atomic mass is 10.1. The SMILES string of the molecule is CCN(CC)CC(O)CN1CCN(C(=O)c2cc3cc(Cc4nccc(-c5ccccn5)n4)ccc3[nH]2)CC1. The summed E-state index contributed by atoms with van der Waals surface area (Å²) < 4.78 is 0. The van der Waals surface area contributed by atoms with Crippen molar-refractivity contribution in [1.29, 1.82) is 0 Å². The van der Waals surface area contributed by atoms with Crippen molar-refractivity contribution in [3.63, 3.8) is 0 Å². The number of β-amino-alcohol motifs (C(OH)–C–C–N with tert-alkyl or cyclic N) is 1. The van der Waals surface area contributed by atoms with Gasteiger partial charge in [0.05, 0.1) is 17.5 Å². The van der Waals surface area contributed by atoms with E-state index in [1.54, 1.807) is 12.4 Å². The molecule has 4 heterocycles. The van der Waals surface area contributed by atoms with E-state index in [0.29, 0.717) is 38.3 Å². The number of amides is 1. The van der Waals surface area contributed by atoms with Crippen LogP contribution >= 0.6 is 0 Å². The summed E-state index contributed by atoms with van der Waals surface area (Å²) in [6, 6.07) is 15.7. The fourth-order valence-electron chi connectivity index (χ4n) is 5.17. The molecule has 39 heavy (non-hydrogen) atoms. The molecule has 0 radical (unpaired) electrons. The van der Waals surface area contributed by atoms with Crippen molar-refractivity contribution < 1.29 is 9.90 Å². The van der Waals surface area contributed by atoms with E-state index in [0.717, 1.165) is 59.9 Å². The molecule has 1 aliphatic heterocycles. The first-order chi connectivity index (χ1) is 19.0. The van der Waals surface area contributed by atoms with Crippen LogP contribution in [0.25, 0.3) is 22.3 Å². The van der Waals surface area contributed by atoms with Crippen LogP contribution in [0.3, 0.4) is 0 Å². The number of rotatable bonds is 10. The number of likely N-dealkylation sites (N-methyl/N-ethyl adjacent to an activating group) is 1. The highest BCUT2D eigenvalue weighted by atomic mass is 16.3. The number of fused-ring (bicyclic) bond motifs is 1. The van der Waals surface area contributed by atoms with Gasteiger partial charge >= 0.3 is 0 Å². The topological polar surface area (TPSA) is 101 Å². The Bertz CT molecular complexity index is 1380. The van der Waals surface area contributed by atoms with Gasteiger partial charge in [-0.3, -0.25) is 14.7 Å². The smallest absolute Gasteiger partial charge is 0.270 e. The highest BCUT2D eigenvalue weighted by molar-refractivity contribution is 5.98. The number of carbonyl (C=O) groups is 1. The van der Waals surface area contributed by atoms with E-state index in [1.165, 1.54) is 0 Å². The number of aromatic amines is 1. The summed E-state index contributed by atoms with van der Waals surface area (Å²) in [5.74, 6) is 0.743. The number of piperazine rings is 1. The second-order valence-corrected chi connectivity index (χ2v) is 10.1. The van der Waals surface area contributed by atoms with Crippen LogP contribution in [0.1, 0.15) is 35.7 Å². The van der Waals surface area contributed by atoms with E-state index in [-0.39, 0.29) is 12.0 Å². The molecule has 204 valence electrons. The summed E-state index contributed by atoms with van der Waals surface area (Å²) in [5, 5.41) is 11.5. The first kappa shape index (κ1) is 26.9. The number of pyridine rings is 1. The molecule has 0 spiro atoms. The molecule has 0 aliphatic carbocycles. The summed E-state index contributed by atoms with van der Waals surface area (Å²) >= 11 is 0. The van der Waals surface area contributed by atoms with Gasteiger partial charge in [0.1, 0.15) is 11.5 Å². The molecule has 1 atom stereocenters. The van der Waals surface area contributed by atoms with Crippen LogP contribution in [0.5, 0.6) is 0 Å². The van der Waals surface area contributed by atoms with E-state index in [4.69, 9.17) is 4.98 Å². The lowest BCUT2D eigenvalue weighted by Crippen LogP contribution is -2.51. The molecule has 0 saturated carbocycles. The summed E-state index contributed by atoms with van der Waals surface area (Å²) in [5.41, 5.74) is 4.24. The zero-order valence-electron chi connectivity index (χ0n) is 22.8. The molecule has 1 fully saturated rings. The third-order valence-corrected chi connectivity index (χ3v) is 7.40. The summed E-state index contributed by atoms with van der Waals surface area (Å²) in [6.07, 6.45) is 3.74. The number of carbonyl (C=O) groups excluding carboxylic acids is 1. The number of nitrogens with zero attached hydrogens (tertiary/aromatic N) is 6. The molecule has 1 aliphatic rings. The van der Waals surface area contributed by atoms with E-state index in [2.05, 4.69) is 44.7 Å². The molecule has 1 aromatic carbocycles. The van der Waals surface area contributed by atoms with Gasteiger partial charge in [-0.25, -0.2) is 9.97 Å². The number of nitrogens with one attached hydrogen (secondary N) is 1. The maximum Gasteiger partial charge on any atom is 0.270 e. The maximum atomic E-state index is 13.3. The first-order valence-corrected chi connectivity index (χ1v) is 13.8. The molecule has 1 saturated heterocycles. The van der Waals surface area contributed by atoms with Gasteiger partial charge in [-0.05, 0) is 55.1 Å². The molecule has 4 aromatic rings. The number of aliphatic hydroxyl groups excluding tert-OH is 1. The van der Waals surface area contributed by atoms with Gasteiger partial charge in [-0.1, -0.05) is 26.0 Å². The lowest BCUT2D eigenvalue weighted by molar-refractivity contribution is 0.0441. The van der Waals surface area contributed by atoms with Crippen molar-refractivity contribution in [3.8, 4) is 11.4 Å². The van der Waals surface area contributed by atoms with Gasteiger partial charge in [0.2, 0.25) is 0 Å². The quantitative estimate of drug-likeness (QED) is 0.327. The van der Waals surface area contributed by atoms with E-state index in [1.807, 2.05) is 47.4 Å². The molecule has 5 rings (SSSR count). The Balaban J connectivity index is 1.19. The zero-order chi connectivity index (χ0) is 27.2. The molecular weight excluding hydrogens is 490 g/mol. The Labute approximate surface area is 229 Å². The van der Waals surface area contributed by atoms with Crippen molar-refractivity contribution in [3.05, 3.63) is 78.0 Å². The maximum absolute atomic E-state index is 13.3. The largest absolute Gasteiger partial charge is 0.390 e. The molecule has 9 heteroatoms. The van der Waals surface area contributed by atoms with E-state index < -0.39 is 0 Å². The van der Waals surface area contributed by atoms with Crippen LogP contribution in [0, 0.1) is 0 Å². The number of hydrogen-bond donors (Lipinski definition) is 2. The molecule has 1 amide bonds. The predicted molar refractivity (Wildman–Crippen MR) is 153 cm³/mol. The zero-order valence-corrected chi connectivity index (χ0v) is 22.8. The van der Waals surface area contributed by atoms with Gasteiger partial charge in [0, 0.05) is 69.0 Å². The van der Waals surface area contributed by atoms with Crippen LogP contribution in [-0.2, 0) is 6.42 Å². The first-order valence-electron chi connectivity index (χ1n) is 13.8. The van der Waals surface area contributed by atoms with Gasteiger partial charge in [0.25, 0.3) is 5.91 Å². The normalized spacial score (nSPS) is 15.2. The molecule has 9 nitrogen and oxygen atoms in total. The van der Waals surface area contributed by atoms with Crippen molar-refractivity contribution in [2.75, 3.05) is 52.4 Å². The summed E-state index contributed by atoms with van der Waals surface area (Å²) in [6.45, 7) is 10.3. The average molecular weight is 528 g/mol. The van der Waals surface area contributed by atoms with Gasteiger partial charge in [-0.15, -0.1) is 0 Å². The van der Waals surface area contributed by atoms with Gasteiger partial charge < -0.3 is 19.9 Å². The number of aromatic nitrogens is 4. The van der Waals surface area contributed by atoms with Crippen molar-refractivity contribution in [2.45, 2.75) is 26.4 Å². The van der Waals surface area contributed by atoms with Crippen LogP contribution in [0.4, 0.5) is 0 Å². The predicted octanol–water partition coefficient (Wildman–Crippen LogP) is 3.07. The molecular formula is C30H37N7O2. The van der Waals surface area contributed by atoms with Crippen LogP contribution in [0.15, 0.2) is 60.9 Å². The minimum absolute atomic E-state index is 0.0162. The minimum atomic E-state index is -0.377. The van der Waals surface area contributed by atoms with E-state index >= 15 is 0 Å². The highest BCUT2D eigenvalue weighted by Crippen LogP contribution is 2.21. The second kappa shape index (κ2) is 12.5. The molecule has 3 aromatic heterocycles. The van der Waals surface area contributed by atoms with Crippen molar-refractivity contribution in [1.82, 2.24) is 34.6 Å². The number of H-pyrrole nitrogens is 1. The molecule has 0 bridgehead atoms. The lowest BCUT2D eigenvalue weighted by Gasteiger charge is -2.36. The Morgan fingerprint density at radius 3 is 2.56 bits per heavy atom. The van der Waals surface area contributed by atoms with Crippen molar-refractivity contribution in [2.24, 2.45) is 0 Å². The monoisotopic (exact) mass is 527 g/mol. The standard InChI is InChI=1S/C30H37N7O2/c1-3-35(4-2)20-24(38)21-36-13-15-37(16-14-36)30(39)28-19-23-17-22(8-9-25(23)33-28)18-29-32-12-10-27(34-29)26-7-5-6-11-31-26/h5-12,17,19,24,33,38H,3-4,13-16,18,20-21H2,1-2H3. The van der Waals surface area contributed by atoms with Crippen LogP contribution in [-0.4, -0.2) is 104 Å². The fraction of sp³-hybridized carbons (Fsp3) is 0.400. The third-order valence-electron chi connectivity index (χ3n) is 7.40. The number of benzene rings is 1. The Morgan fingerprint density at radius 1 is 1.00 bits per heavy atom. The van der Waals surface area contributed by atoms with Crippen LogP contribution < -0.4 is 0 Å². The average Bonchev–Trinajstić information content (AvgIpc) is 3.40. The Kier molecular flexibility index (Phi) is 8.61. The minimum Gasteiger partial charge on any atom is -0.390 e. The molecule has 1 unspecified atom stereocenters. The Hall–Kier alpha value is -3.66. The number of aliphatic hydroxyl groups is 1. The van der Waals surface area contributed by atoms with E-state index in [9.17, 15) is 9.90 Å². The third kappa shape index (κ3) is 6.68. The number of hydrogen-bond acceptors (Lipinski definition) is 7.